The molecule has 2 nitrogen and oxygen atoms in total. The number of furan rings is 1. The summed E-state index contributed by atoms with van der Waals surface area (Å²) in [6.07, 6.45) is 0. The third kappa shape index (κ3) is 4.91. The molecule has 0 bridgehead atoms. The van der Waals surface area contributed by atoms with Crippen LogP contribution in [0.3, 0.4) is 0 Å². The highest BCUT2D eigenvalue weighted by molar-refractivity contribution is 6.15. The first-order chi connectivity index (χ1) is 32.5. The van der Waals surface area contributed by atoms with E-state index in [1.54, 1.807) is 0 Å². The SMILES string of the molecule is CC1(C)c2ccccc2-c2c(N(c3ccc(-c4ccccc4)cc3)c3ccc(-c4cccc5c4oc4c6c(ccc45)C4(c5ccccc5-c5ccccc54)c4ccccc4-6)cc3)cccc21. The van der Waals surface area contributed by atoms with E-state index in [-0.39, 0.29) is 5.41 Å². The van der Waals surface area contributed by atoms with Gasteiger partial charge in [-0.3, -0.25) is 0 Å². The molecule has 0 saturated heterocycles. The average Bonchev–Trinajstić information content (AvgIpc) is 4.07. The van der Waals surface area contributed by atoms with Gasteiger partial charge in [-0.05, 0) is 103 Å². The van der Waals surface area contributed by atoms with Gasteiger partial charge < -0.3 is 9.32 Å². The predicted octanol–water partition coefficient (Wildman–Crippen LogP) is 17.0. The Morgan fingerprint density at radius 2 is 0.803 bits per heavy atom. The molecule has 66 heavy (non-hydrogen) atoms. The fraction of sp³-hybridized carbons (Fsp3) is 0.0625. The van der Waals surface area contributed by atoms with Crippen LogP contribution >= 0.6 is 0 Å². The summed E-state index contributed by atoms with van der Waals surface area (Å²) in [5.41, 5.74) is 24.9. The Bertz CT molecular complexity index is 3730. The van der Waals surface area contributed by atoms with Crippen LogP contribution in [0.2, 0.25) is 0 Å². The van der Waals surface area contributed by atoms with E-state index < -0.39 is 5.41 Å². The molecule has 0 N–H and O–H groups in total. The lowest BCUT2D eigenvalue weighted by Gasteiger charge is -2.30. The summed E-state index contributed by atoms with van der Waals surface area (Å²) in [7, 11) is 0. The molecule has 2 heteroatoms. The second-order valence-electron chi connectivity index (χ2n) is 18.7. The van der Waals surface area contributed by atoms with Gasteiger partial charge in [0.25, 0.3) is 0 Å². The van der Waals surface area contributed by atoms with Crippen molar-refractivity contribution in [1.29, 1.82) is 0 Å². The number of para-hydroxylation sites is 1. The third-order valence-corrected chi connectivity index (χ3v) is 15.1. The molecule has 11 aromatic rings. The average molecular weight is 842 g/mol. The van der Waals surface area contributed by atoms with Gasteiger partial charge in [-0.1, -0.05) is 208 Å². The maximum absolute atomic E-state index is 7.27. The summed E-state index contributed by atoms with van der Waals surface area (Å²) in [6.45, 7) is 4.71. The zero-order chi connectivity index (χ0) is 43.7. The van der Waals surface area contributed by atoms with E-state index in [0.717, 1.165) is 44.4 Å². The number of anilines is 3. The molecule has 0 atom stereocenters. The van der Waals surface area contributed by atoms with Crippen LogP contribution < -0.4 is 4.90 Å². The predicted molar refractivity (Wildman–Crippen MR) is 273 cm³/mol. The van der Waals surface area contributed by atoms with E-state index in [1.165, 1.54) is 83.6 Å². The first-order valence-electron chi connectivity index (χ1n) is 23.1. The summed E-state index contributed by atoms with van der Waals surface area (Å²) < 4.78 is 7.27. The van der Waals surface area contributed by atoms with Gasteiger partial charge in [-0.15, -0.1) is 0 Å². The van der Waals surface area contributed by atoms with Gasteiger partial charge in [-0.25, -0.2) is 0 Å². The fourth-order valence-corrected chi connectivity index (χ4v) is 12.2. The highest BCUT2D eigenvalue weighted by atomic mass is 16.3. The van der Waals surface area contributed by atoms with Gasteiger partial charge in [0.2, 0.25) is 0 Å². The number of hydrogen-bond donors (Lipinski definition) is 0. The maximum atomic E-state index is 7.27. The molecule has 0 unspecified atom stereocenters. The molecule has 0 amide bonds. The standard InChI is InChI=1S/C64H43NO/c1-63(2)52-24-10-8-20-50(52)59-56(63)28-15-29-58(59)65(43-34-30-41(31-35-43)40-16-4-3-5-17-40)44-36-32-42(33-37-44)45-22-14-23-48-49-38-39-57-60(62(49)66-61(45)48)51-21-9-13-27-55(51)64(57)53-25-11-6-18-46(53)47-19-7-12-26-54(47)64/h3-39H,1-2H3. The smallest absolute Gasteiger partial charge is 0.143 e. The summed E-state index contributed by atoms with van der Waals surface area (Å²) >= 11 is 0. The molecule has 3 aliphatic rings. The van der Waals surface area contributed by atoms with Crippen molar-refractivity contribution in [3.05, 3.63) is 258 Å². The van der Waals surface area contributed by atoms with E-state index in [0.29, 0.717) is 0 Å². The van der Waals surface area contributed by atoms with Crippen LogP contribution in [0.25, 0.3) is 77.6 Å². The van der Waals surface area contributed by atoms with Gasteiger partial charge in [0.15, 0.2) is 0 Å². The molecule has 10 aromatic carbocycles. The molecule has 3 aliphatic carbocycles. The van der Waals surface area contributed by atoms with Gasteiger partial charge in [-0.2, -0.15) is 0 Å². The van der Waals surface area contributed by atoms with Crippen molar-refractivity contribution in [1.82, 2.24) is 0 Å². The molecule has 310 valence electrons. The van der Waals surface area contributed by atoms with E-state index in [9.17, 15) is 0 Å². The van der Waals surface area contributed by atoms with Crippen molar-refractivity contribution in [3.8, 4) is 55.6 Å². The maximum Gasteiger partial charge on any atom is 0.143 e. The molecule has 1 spiro atoms. The number of benzene rings is 10. The lowest BCUT2D eigenvalue weighted by atomic mass is 9.70. The van der Waals surface area contributed by atoms with E-state index >= 15 is 0 Å². The molecule has 0 aliphatic heterocycles. The van der Waals surface area contributed by atoms with Crippen molar-refractivity contribution < 1.29 is 4.42 Å². The summed E-state index contributed by atoms with van der Waals surface area (Å²) in [5.74, 6) is 0. The Morgan fingerprint density at radius 1 is 0.318 bits per heavy atom. The minimum atomic E-state index is -0.421. The van der Waals surface area contributed by atoms with Crippen LogP contribution in [0, 0.1) is 0 Å². The zero-order valence-electron chi connectivity index (χ0n) is 36.7. The van der Waals surface area contributed by atoms with Crippen molar-refractivity contribution in [2.24, 2.45) is 0 Å². The fourth-order valence-electron chi connectivity index (χ4n) is 12.2. The third-order valence-electron chi connectivity index (χ3n) is 15.1. The molecule has 1 aromatic heterocycles. The Morgan fingerprint density at radius 3 is 1.47 bits per heavy atom. The van der Waals surface area contributed by atoms with Crippen LogP contribution in [0.5, 0.6) is 0 Å². The number of hydrogen-bond acceptors (Lipinski definition) is 2. The zero-order valence-corrected chi connectivity index (χ0v) is 36.7. The summed E-state index contributed by atoms with van der Waals surface area (Å²) in [4.78, 5) is 2.44. The molecule has 1 heterocycles. The van der Waals surface area contributed by atoms with Crippen LogP contribution in [0.15, 0.2) is 229 Å². The molecule has 0 radical (unpaired) electrons. The van der Waals surface area contributed by atoms with E-state index in [4.69, 9.17) is 4.42 Å². The van der Waals surface area contributed by atoms with Gasteiger partial charge in [0, 0.05) is 44.3 Å². The molecular formula is C64H43NO. The summed E-state index contributed by atoms with van der Waals surface area (Å²) in [5, 5.41) is 2.26. The quantitative estimate of drug-likeness (QED) is 0.172. The largest absolute Gasteiger partial charge is 0.455 e. The second-order valence-corrected chi connectivity index (χ2v) is 18.7. The Balaban J connectivity index is 0.927. The Kier molecular flexibility index (Phi) is 7.70. The van der Waals surface area contributed by atoms with E-state index in [2.05, 4.69) is 243 Å². The highest BCUT2D eigenvalue weighted by Gasteiger charge is 2.52. The van der Waals surface area contributed by atoms with Gasteiger partial charge in [0.05, 0.1) is 11.1 Å². The van der Waals surface area contributed by atoms with Crippen molar-refractivity contribution in [2.75, 3.05) is 4.90 Å². The number of rotatable bonds is 5. The molecule has 0 fully saturated rings. The van der Waals surface area contributed by atoms with E-state index in [1.807, 2.05) is 0 Å². The molecule has 14 rings (SSSR count). The van der Waals surface area contributed by atoms with Crippen LogP contribution in [-0.4, -0.2) is 0 Å². The second kappa shape index (κ2) is 13.7. The lowest BCUT2D eigenvalue weighted by Crippen LogP contribution is -2.25. The van der Waals surface area contributed by atoms with Crippen molar-refractivity contribution in [3.63, 3.8) is 0 Å². The Labute approximate surface area is 384 Å². The van der Waals surface area contributed by atoms with Crippen molar-refractivity contribution >= 4 is 39.0 Å². The number of fused-ring (bicyclic) bond motifs is 17. The molecular weight excluding hydrogens is 799 g/mol. The minimum absolute atomic E-state index is 0.116. The monoisotopic (exact) mass is 841 g/mol. The van der Waals surface area contributed by atoms with Gasteiger partial charge in [0.1, 0.15) is 11.2 Å². The van der Waals surface area contributed by atoms with Crippen LogP contribution in [0.1, 0.15) is 47.2 Å². The van der Waals surface area contributed by atoms with Crippen LogP contribution in [-0.2, 0) is 10.8 Å². The molecule has 0 saturated carbocycles. The normalized spacial score (nSPS) is 14.2. The lowest BCUT2D eigenvalue weighted by molar-refractivity contribution is 0.660. The topological polar surface area (TPSA) is 16.4 Å². The highest BCUT2D eigenvalue weighted by Crippen LogP contribution is 2.64. The number of nitrogens with zero attached hydrogens (tertiary/aromatic N) is 1. The first-order valence-corrected chi connectivity index (χ1v) is 23.1. The van der Waals surface area contributed by atoms with Crippen LogP contribution in [0.4, 0.5) is 17.1 Å². The minimum Gasteiger partial charge on any atom is -0.455 e. The summed E-state index contributed by atoms with van der Waals surface area (Å²) in [6, 6.07) is 82.7. The van der Waals surface area contributed by atoms with Gasteiger partial charge >= 0.3 is 0 Å². The van der Waals surface area contributed by atoms with Crippen molar-refractivity contribution in [2.45, 2.75) is 24.7 Å². The Hall–Kier alpha value is -8.20. The first kappa shape index (κ1) is 37.2.